The van der Waals surface area contributed by atoms with E-state index in [1.54, 1.807) is 17.4 Å². The van der Waals surface area contributed by atoms with Gasteiger partial charge in [-0.15, -0.1) is 11.3 Å². The fourth-order valence-electron chi connectivity index (χ4n) is 2.93. The van der Waals surface area contributed by atoms with Gasteiger partial charge in [-0.05, 0) is 55.3 Å². The SMILES string of the molecule is Cc1ccc(C(=O)C=Cc2c(-c3ccc(Cl)cc3)nc3sccn23)cc1C. The largest absolute Gasteiger partial charge is 0.290 e. The summed E-state index contributed by atoms with van der Waals surface area (Å²) in [4.78, 5) is 18.3. The third-order valence-electron chi connectivity index (χ3n) is 4.60. The van der Waals surface area contributed by atoms with Gasteiger partial charge in [0.2, 0.25) is 0 Å². The molecule has 27 heavy (non-hydrogen) atoms. The third-order valence-corrected chi connectivity index (χ3v) is 5.61. The molecule has 4 aromatic rings. The molecule has 0 aliphatic rings. The highest BCUT2D eigenvalue weighted by Crippen LogP contribution is 2.28. The molecule has 0 saturated carbocycles. The van der Waals surface area contributed by atoms with E-state index in [9.17, 15) is 4.79 Å². The summed E-state index contributed by atoms with van der Waals surface area (Å²) in [5.41, 5.74) is 5.66. The monoisotopic (exact) mass is 392 g/mol. The Morgan fingerprint density at radius 2 is 1.89 bits per heavy atom. The summed E-state index contributed by atoms with van der Waals surface area (Å²) in [5.74, 6) is -0.0228. The maximum atomic E-state index is 12.6. The van der Waals surface area contributed by atoms with Gasteiger partial charge in [-0.2, -0.15) is 0 Å². The van der Waals surface area contributed by atoms with E-state index in [0.29, 0.717) is 10.6 Å². The number of fused-ring (bicyclic) bond motifs is 1. The summed E-state index contributed by atoms with van der Waals surface area (Å²) in [6.07, 6.45) is 5.42. The van der Waals surface area contributed by atoms with Crippen molar-refractivity contribution in [1.82, 2.24) is 9.38 Å². The quantitative estimate of drug-likeness (QED) is 0.305. The molecule has 2 aromatic heterocycles. The molecule has 0 atom stereocenters. The zero-order chi connectivity index (χ0) is 19.0. The van der Waals surface area contributed by atoms with E-state index in [2.05, 4.69) is 0 Å². The second kappa shape index (κ2) is 7.14. The van der Waals surface area contributed by atoms with Crippen molar-refractivity contribution in [3.8, 4) is 11.3 Å². The first-order chi connectivity index (χ1) is 13.0. The lowest BCUT2D eigenvalue weighted by Crippen LogP contribution is -1.96. The number of halogens is 1. The van der Waals surface area contributed by atoms with Crippen LogP contribution in [0.2, 0.25) is 5.02 Å². The summed E-state index contributed by atoms with van der Waals surface area (Å²) >= 11 is 7.57. The Kier molecular flexibility index (Phi) is 4.68. The van der Waals surface area contributed by atoms with Crippen LogP contribution in [0.15, 0.2) is 60.1 Å². The minimum Gasteiger partial charge on any atom is -0.290 e. The lowest BCUT2D eigenvalue weighted by atomic mass is 10.0. The van der Waals surface area contributed by atoms with Crippen molar-refractivity contribution in [3.63, 3.8) is 0 Å². The number of benzene rings is 2. The number of nitrogens with zero attached hydrogens (tertiary/aromatic N) is 2. The average molecular weight is 393 g/mol. The molecule has 134 valence electrons. The molecule has 0 bridgehead atoms. The smallest absolute Gasteiger partial charge is 0.194 e. The van der Waals surface area contributed by atoms with Crippen LogP contribution in [0, 0.1) is 13.8 Å². The highest BCUT2D eigenvalue weighted by atomic mass is 35.5. The van der Waals surface area contributed by atoms with Gasteiger partial charge in [-0.1, -0.05) is 35.9 Å². The van der Waals surface area contributed by atoms with Gasteiger partial charge in [-0.3, -0.25) is 9.20 Å². The van der Waals surface area contributed by atoms with Gasteiger partial charge < -0.3 is 0 Å². The second-order valence-corrected chi connectivity index (χ2v) is 7.71. The molecule has 0 saturated heterocycles. The minimum atomic E-state index is -0.0228. The standard InChI is InChI=1S/C22H17ClN2OS/c1-14-3-4-17(13-15(14)2)20(26)10-9-19-21(16-5-7-18(23)8-6-16)24-22-25(19)11-12-27-22/h3-13H,1-2H3. The zero-order valence-corrected chi connectivity index (χ0v) is 16.5. The summed E-state index contributed by atoms with van der Waals surface area (Å²) < 4.78 is 2.00. The number of allylic oxidation sites excluding steroid dienone is 1. The minimum absolute atomic E-state index is 0.0228. The van der Waals surface area contributed by atoms with Crippen molar-refractivity contribution >= 4 is 39.8 Å². The van der Waals surface area contributed by atoms with Crippen LogP contribution in [0.5, 0.6) is 0 Å². The number of hydrogen-bond donors (Lipinski definition) is 0. The van der Waals surface area contributed by atoms with E-state index in [1.807, 2.05) is 78.4 Å². The predicted molar refractivity (Wildman–Crippen MR) is 113 cm³/mol. The Balaban J connectivity index is 1.74. The van der Waals surface area contributed by atoms with Crippen LogP contribution in [0.25, 0.3) is 22.3 Å². The van der Waals surface area contributed by atoms with Crippen LogP contribution in [0.1, 0.15) is 27.2 Å². The van der Waals surface area contributed by atoms with Gasteiger partial charge in [0.15, 0.2) is 10.7 Å². The predicted octanol–water partition coefficient (Wildman–Crippen LogP) is 6.23. The third kappa shape index (κ3) is 3.46. The molecule has 0 radical (unpaired) electrons. The van der Waals surface area contributed by atoms with E-state index in [1.165, 1.54) is 5.56 Å². The number of rotatable bonds is 4. The highest BCUT2D eigenvalue weighted by Gasteiger charge is 2.13. The van der Waals surface area contributed by atoms with Gasteiger partial charge in [0.1, 0.15) is 0 Å². The second-order valence-electron chi connectivity index (χ2n) is 6.40. The lowest BCUT2D eigenvalue weighted by Gasteiger charge is -2.03. The zero-order valence-electron chi connectivity index (χ0n) is 14.9. The first-order valence-electron chi connectivity index (χ1n) is 8.54. The van der Waals surface area contributed by atoms with Crippen LogP contribution in [0.4, 0.5) is 0 Å². The first-order valence-corrected chi connectivity index (χ1v) is 9.80. The fourth-order valence-corrected chi connectivity index (χ4v) is 3.78. The topological polar surface area (TPSA) is 34.4 Å². The Bertz CT molecular complexity index is 1170. The number of carbonyl (C=O) groups excluding carboxylic acids is 1. The molecule has 0 N–H and O–H groups in total. The Hall–Kier alpha value is -2.69. The molecule has 3 nitrogen and oxygen atoms in total. The Labute approximate surface area is 166 Å². The maximum absolute atomic E-state index is 12.6. The normalized spacial score (nSPS) is 11.5. The number of imidazole rings is 1. The van der Waals surface area contributed by atoms with Crippen LogP contribution in [-0.4, -0.2) is 15.2 Å². The van der Waals surface area contributed by atoms with Crippen molar-refractivity contribution in [2.45, 2.75) is 13.8 Å². The van der Waals surface area contributed by atoms with Crippen molar-refractivity contribution in [2.24, 2.45) is 0 Å². The van der Waals surface area contributed by atoms with Gasteiger partial charge in [0.05, 0.1) is 11.4 Å². The summed E-state index contributed by atoms with van der Waals surface area (Å²) in [6.45, 7) is 4.05. The molecule has 0 fully saturated rings. The summed E-state index contributed by atoms with van der Waals surface area (Å²) in [7, 11) is 0. The molecule has 0 unspecified atom stereocenters. The molecule has 5 heteroatoms. The van der Waals surface area contributed by atoms with E-state index in [-0.39, 0.29) is 5.78 Å². The van der Waals surface area contributed by atoms with Crippen molar-refractivity contribution in [3.05, 3.63) is 87.5 Å². The number of aromatic nitrogens is 2. The summed E-state index contributed by atoms with van der Waals surface area (Å²) in [5, 5.41) is 2.66. The number of thiazole rings is 1. The number of aryl methyl sites for hydroxylation is 2. The molecule has 0 aliphatic carbocycles. The van der Waals surface area contributed by atoms with Crippen LogP contribution >= 0.6 is 22.9 Å². The fraction of sp³-hybridized carbons (Fsp3) is 0.0909. The first kappa shape index (κ1) is 17.7. The van der Waals surface area contributed by atoms with Gasteiger partial charge >= 0.3 is 0 Å². The van der Waals surface area contributed by atoms with Crippen molar-refractivity contribution in [1.29, 1.82) is 0 Å². The lowest BCUT2D eigenvalue weighted by molar-refractivity contribution is 0.104. The molecule has 0 amide bonds. The van der Waals surface area contributed by atoms with Crippen LogP contribution in [0.3, 0.4) is 0 Å². The molecule has 2 heterocycles. The van der Waals surface area contributed by atoms with Gasteiger partial charge in [0.25, 0.3) is 0 Å². The van der Waals surface area contributed by atoms with Crippen molar-refractivity contribution in [2.75, 3.05) is 0 Å². The van der Waals surface area contributed by atoms with Gasteiger partial charge in [-0.25, -0.2) is 4.98 Å². The van der Waals surface area contributed by atoms with Crippen LogP contribution in [-0.2, 0) is 0 Å². The van der Waals surface area contributed by atoms with Crippen molar-refractivity contribution < 1.29 is 4.79 Å². The van der Waals surface area contributed by atoms with E-state index < -0.39 is 0 Å². The van der Waals surface area contributed by atoms with E-state index in [4.69, 9.17) is 16.6 Å². The number of carbonyl (C=O) groups is 1. The average Bonchev–Trinajstić information content (AvgIpc) is 3.24. The Morgan fingerprint density at radius 1 is 1.11 bits per heavy atom. The number of hydrogen-bond acceptors (Lipinski definition) is 3. The maximum Gasteiger partial charge on any atom is 0.194 e. The molecule has 0 aliphatic heterocycles. The molecule has 2 aromatic carbocycles. The Morgan fingerprint density at radius 3 is 2.63 bits per heavy atom. The number of ketones is 1. The molecule has 4 rings (SSSR count). The molecular formula is C22H17ClN2OS. The highest BCUT2D eigenvalue weighted by molar-refractivity contribution is 7.15. The molecular weight excluding hydrogens is 376 g/mol. The van der Waals surface area contributed by atoms with E-state index >= 15 is 0 Å². The van der Waals surface area contributed by atoms with E-state index in [0.717, 1.165) is 27.5 Å². The summed E-state index contributed by atoms with van der Waals surface area (Å²) in [6, 6.07) is 13.3. The van der Waals surface area contributed by atoms with Gasteiger partial charge in [0, 0.05) is 27.7 Å². The van der Waals surface area contributed by atoms with Crippen LogP contribution < -0.4 is 0 Å². The molecule has 0 spiro atoms.